The van der Waals surface area contributed by atoms with Crippen LogP contribution >= 0.6 is 11.3 Å². The zero-order valence-corrected chi connectivity index (χ0v) is 12.2. The number of hydrogen-bond donors (Lipinski definition) is 2. The number of amides is 1. The van der Waals surface area contributed by atoms with Crippen molar-refractivity contribution in [3.8, 4) is 0 Å². The number of carbonyl (C=O) groups is 1. The Morgan fingerprint density at radius 1 is 1.37 bits per heavy atom. The summed E-state index contributed by atoms with van der Waals surface area (Å²) in [6.07, 6.45) is 0.910. The number of fused-ring (bicyclic) bond motifs is 1. The summed E-state index contributed by atoms with van der Waals surface area (Å²) in [6.45, 7) is 4.75. The minimum atomic E-state index is -0.0164. The van der Waals surface area contributed by atoms with Gasteiger partial charge in [-0.1, -0.05) is 32.0 Å². The number of rotatable bonds is 5. The normalized spacial score (nSPS) is 12.8. The molecule has 0 spiro atoms. The molecule has 0 bridgehead atoms. The van der Waals surface area contributed by atoms with Gasteiger partial charge in [0.05, 0.1) is 4.88 Å². The Labute approximate surface area is 117 Å². The molecule has 0 aliphatic heterocycles. The molecule has 1 unspecified atom stereocenters. The predicted molar refractivity (Wildman–Crippen MR) is 81.6 cm³/mol. The SMILES string of the molecule is CC(C)CC(CN)NC(=O)c1cc2ccccc2s1. The van der Waals surface area contributed by atoms with Gasteiger partial charge in [0.1, 0.15) is 0 Å². The van der Waals surface area contributed by atoms with Crippen molar-refractivity contribution < 1.29 is 4.79 Å². The Bertz CT molecular complexity index is 529. The molecule has 1 aromatic carbocycles. The molecular weight excluding hydrogens is 256 g/mol. The van der Waals surface area contributed by atoms with Crippen molar-refractivity contribution in [2.24, 2.45) is 11.7 Å². The molecule has 1 amide bonds. The molecule has 1 heterocycles. The van der Waals surface area contributed by atoms with Gasteiger partial charge in [0.2, 0.25) is 0 Å². The lowest BCUT2D eigenvalue weighted by Crippen LogP contribution is -2.40. The van der Waals surface area contributed by atoms with Crippen molar-refractivity contribution in [1.82, 2.24) is 5.32 Å². The van der Waals surface area contributed by atoms with E-state index in [0.29, 0.717) is 12.5 Å². The lowest BCUT2D eigenvalue weighted by atomic mass is 10.0. The molecule has 0 aliphatic carbocycles. The van der Waals surface area contributed by atoms with Crippen LogP contribution < -0.4 is 11.1 Å². The van der Waals surface area contributed by atoms with Gasteiger partial charge >= 0.3 is 0 Å². The Kier molecular flexibility index (Phi) is 4.56. The summed E-state index contributed by atoms with van der Waals surface area (Å²) < 4.78 is 1.14. The lowest BCUT2D eigenvalue weighted by Gasteiger charge is -2.18. The average Bonchev–Trinajstić information content (AvgIpc) is 2.81. The van der Waals surface area contributed by atoms with Crippen molar-refractivity contribution in [3.63, 3.8) is 0 Å². The summed E-state index contributed by atoms with van der Waals surface area (Å²) >= 11 is 1.52. The van der Waals surface area contributed by atoms with Crippen LogP contribution in [0.3, 0.4) is 0 Å². The number of thiophene rings is 1. The first-order chi connectivity index (χ1) is 9.10. The van der Waals surface area contributed by atoms with Crippen LogP contribution in [0.2, 0.25) is 0 Å². The van der Waals surface area contributed by atoms with Crippen LogP contribution in [0.25, 0.3) is 10.1 Å². The smallest absolute Gasteiger partial charge is 0.261 e. The molecule has 0 aliphatic rings. The third kappa shape index (κ3) is 3.55. The average molecular weight is 276 g/mol. The van der Waals surface area contributed by atoms with E-state index in [1.54, 1.807) is 0 Å². The highest BCUT2D eigenvalue weighted by molar-refractivity contribution is 7.20. The molecule has 3 N–H and O–H groups in total. The van der Waals surface area contributed by atoms with E-state index in [2.05, 4.69) is 19.2 Å². The molecular formula is C15H20N2OS. The van der Waals surface area contributed by atoms with Gasteiger partial charge in [0.15, 0.2) is 0 Å². The zero-order valence-electron chi connectivity index (χ0n) is 11.3. The third-order valence-corrected chi connectivity index (χ3v) is 4.14. The Morgan fingerprint density at radius 2 is 2.11 bits per heavy atom. The Balaban J connectivity index is 2.10. The highest BCUT2D eigenvalue weighted by Crippen LogP contribution is 2.25. The van der Waals surface area contributed by atoms with Gasteiger partial charge in [-0.15, -0.1) is 11.3 Å². The van der Waals surface area contributed by atoms with Crippen molar-refractivity contribution in [2.45, 2.75) is 26.3 Å². The van der Waals surface area contributed by atoms with Crippen LogP contribution in [0.5, 0.6) is 0 Å². The van der Waals surface area contributed by atoms with Gasteiger partial charge < -0.3 is 11.1 Å². The van der Waals surface area contributed by atoms with Gasteiger partial charge in [-0.2, -0.15) is 0 Å². The van der Waals surface area contributed by atoms with Crippen LogP contribution in [0.1, 0.15) is 29.9 Å². The fraction of sp³-hybridized carbons (Fsp3) is 0.400. The van der Waals surface area contributed by atoms with Crippen LogP contribution in [0.15, 0.2) is 30.3 Å². The highest BCUT2D eigenvalue weighted by atomic mass is 32.1. The summed E-state index contributed by atoms with van der Waals surface area (Å²) in [5, 5.41) is 4.14. The number of hydrogen-bond acceptors (Lipinski definition) is 3. The van der Waals surface area contributed by atoms with Gasteiger partial charge in [-0.3, -0.25) is 4.79 Å². The maximum Gasteiger partial charge on any atom is 0.261 e. The van der Waals surface area contributed by atoms with Crippen molar-refractivity contribution >= 4 is 27.3 Å². The number of nitrogens with one attached hydrogen (secondary N) is 1. The second-order valence-corrected chi connectivity index (χ2v) is 6.27. The molecule has 0 saturated carbocycles. The van der Waals surface area contributed by atoms with Gasteiger partial charge in [0, 0.05) is 17.3 Å². The maximum absolute atomic E-state index is 12.2. The van der Waals surface area contributed by atoms with E-state index in [9.17, 15) is 4.79 Å². The molecule has 4 heteroatoms. The lowest BCUT2D eigenvalue weighted by molar-refractivity contribution is 0.0938. The molecule has 0 radical (unpaired) electrons. The van der Waals surface area contributed by atoms with Crippen molar-refractivity contribution in [2.75, 3.05) is 6.54 Å². The standard InChI is InChI=1S/C15H20N2OS/c1-10(2)7-12(9-16)17-15(18)14-8-11-5-3-4-6-13(11)19-14/h3-6,8,10,12H,7,9,16H2,1-2H3,(H,17,18). The fourth-order valence-electron chi connectivity index (χ4n) is 2.13. The first kappa shape index (κ1) is 14.0. The summed E-state index contributed by atoms with van der Waals surface area (Å²) in [5.74, 6) is 0.508. The van der Waals surface area contributed by atoms with E-state index in [-0.39, 0.29) is 11.9 Å². The molecule has 0 fully saturated rings. The number of carbonyl (C=O) groups excluding carboxylic acids is 1. The fourth-order valence-corrected chi connectivity index (χ4v) is 3.10. The molecule has 19 heavy (non-hydrogen) atoms. The predicted octanol–water partition coefficient (Wildman–Crippen LogP) is 3.00. The van der Waals surface area contributed by atoms with Gasteiger partial charge in [-0.05, 0) is 29.9 Å². The quantitative estimate of drug-likeness (QED) is 0.882. The van der Waals surface area contributed by atoms with E-state index in [1.165, 1.54) is 11.3 Å². The van der Waals surface area contributed by atoms with Crippen LogP contribution in [0, 0.1) is 5.92 Å². The zero-order chi connectivity index (χ0) is 13.8. The minimum absolute atomic E-state index is 0.0164. The topological polar surface area (TPSA) is 55.1 Å². The second kappa shape index (κ2) is 6.17. The molecule has 1 atom stereocenters. The van der Waals surface area contributed by atoms with E-state index in [1.807, 2.05) is 30.3 Å². The van der Waals surface area contributed by atoms with Crippen molar-refractivity contribution in [3.05, 3.63) is 35.2 Å². The Hall–Kier alpha value is -1.39. The number of nitrogens with two attached hydrogens (primary N) is 1. The largest absolute Gasteiger partial charge is 0.347 e. The molecule has 3 nitrogen and oxygen atoms in total. The second-order valence-electron chi connectivity index (χ2n) is 5.18. The Morgan fingerprint density at radius 3 is 2.74 bits per heavy atom. The molecule has 2 rings (SSSR count). The summed E-state index contributed by atoms with van der Waals surface area (Å²) in [5.41, 5.74) is 5.71. The number of benzene rings is 1. The molecule has 1 aromatic heterocycles. The monoisotopic (exact) mass is 276 g/mol. The van der Waals surface area contributed by atoms with Crippen LogP contribution in [-0.4, -0.2) is 18.5 Å². The summed E-state index contributed by atoms with van der Waals surface area (Å²) in [4.78, 5) is 13.0. The van der Waals surface area contributed by atoms with Gasteiger partial charge in [0.25, 0.3) is 5.91 Å². The maximum atomic E-state index is 12.2. The highest BCUT2D eigenvalue weighted by Gasteiger charge is 2.15. The van der Waals surface area contributed by atoms with E-state index in [4.69, 9.17) is 5.73 Å². The first-order valence-corrected chi connectivity index (χ1v) is 7.41. The molecule has 102 valence electrons. The van der Waals surface area contributed by atoms with E-state index >= 15 is 0 Å². The third-order valence-electron chi connectivity index (χ3n) is 3.02. The molecule has 2 aromatic rings. The van der Waals surface area contributed by atoms with Crippen LogP contribution in [0.4, 0.5) is 0 Å². The van der Waals surface area contributed by atoms with Crippen molar-refractivity contribution in [1.29, 1.82) is 0 Å². The van der Waals surface area contributed by atoms with Gasteiger partial charge in [-0.25, -0.2) is 0 Å². The van der Waals surface area contributed by atoms with Crippen LogP contribution in [-0.2, 0) is 0 Å². The first-order valence-electron chi connectivity index (χ1n) is 6.59. The molecule has 0 saturated heterocycles. The summed E-state index contributed by atoms with van der Waals surface area (Å²) in [7, 11) is 0. The van der Waals surface area contributed by atoms with E-state index in [0.717, 1.165) is 21.4 Å². The minimum Gasteiger partial charge on any atom is -0.347 e. The van der Waals surface area contributed by atoms with E-state index < -0.39 is 0 Å². The summed E-state index contributed by atoms with van der Waals surface area (Å²) in [6, 6.07) is 10.0.